The lowest BCUT2D eigenvalue weighted by Gasteiger charge is -2.26. The maximum atomic E-state index is 12.2. The van der Waals surface area contributed by atoms with Gasteiger partial charge in [0.1, 0.15) is 12.4 Å². The van der Waals surface area contributed by atoms with E-state index in [2.05, 4.69) is 15.3 Å². The van der Waals surface area contributed by atoms with Crippen LogP contribution in [-0.2, 0) is 4.79 Å². The van der Waals surface area contributed by atoms with Gasteiger partial charge in [-0.15, -0.1) is 0 Å². The summed E-state index contributed by atoms with van der Waals surface area (Å²) in [4.78, 5) is 19.2. The van der Waals surface area contributed by atoms with Crippen molar-refractivity contribution < 1.29 is 14.3 Å². The number of aromatic nitrogens is 2. The normalized spacial score (nSPS) is 18.4. The number of ether oxygens (including phenoxy) is 2. The van der Waals surface area contributed by atoms with Gasteiger partial charge in [0.05, 0.1) is 6.04 Å². The minimum Gasteiger partial charge on any atom is -0.485 e. The van der Waals surface area contributed by atoms with E-state index in [1.54, 1.807) is 18.5 Å². The van der Waals surface area contributed by atoms with E-state index in [1.807, 2.05) is 25.1 Å². The summed E-state index contributed by atoms with van der Waals surface area (Å²) < 4.78 is 11.2. The van der Waals surface area contributed by atoms with Crippen LogP contribution < -0.4 is 14.8 Å². The molecule has 0 spiro atoms. The SMILES string of the molecule is CC(NC(=O)C1COc2ccccc2O1)c1ncc[nH]1. The van der Waals surface area contributed by atoms with Gasteiger partial charge in [0, 0.05) is 12.4 Å². The molecule has 1 aliphatic heterocycles. The minimum absolute atomic E-state index is 0.202. The number of hydrogen-bond acceptors (Lipinski definition) is 4. The molecule has 2 heterocycles. The van der Waals surface area contributed by atoms with Crippen molar-refractivity contribution in [1.29, 1.82) is 0 Å². The first-order valence-electron chi connectivity index (χ1n) is 6.42. The van der Waals surface area contributed by atoms with Gasteiger partial charge >= 0.3 is 0 Å². The number of imidazole rings is 1. The predicted octanol–water partition coefficient (Wildman–Crippen LogP) is 1.43. The van der Waals surface area contributed by atoms with Crippen LogP contribution in [0.5, 0.6) is 11.5 Å². The van der Waals surface area contributed by atoms with Crippen LogP contribution in [0, 0.1) is 0 Å². The maximum Gasteiger partial charge on any atom is 0.265 e. The number of carbonyl (C=O) groups excluding carboxylic acids is 1. The molecule has 1 amide bonds. The van der Waals surface area contributed by atoms with Gasteiger partial charge in [-0.05, 0) is 19.1 Å². The maximum absolute atomic E-state index is 12.2. The largest absolute Gasteiger partial charge is 0.485 e. The van der Waals surface area contributed by atoms with Gasteiger partial charge in [0.2, 0.25) is 6.10 Å². The molecule has 0 bridgehead atoms. The number of fused-ring (bicyclic) bond motifs is 1. The summed E-state index contributed by atoms with van der Waals surface area (Å²) >= 11 is 0. The van der Waals surface area contributed by atoms with Crippen LogP contribution in [-0.4, -0.2) is 28.6 Å². The smallest absolute Gasteiger partial charge is 0.265 e. The molecule has 0 fully saturated rings. The lowest BCUT2D eigenvalue weighted by molar-refractivity contribution is -0.131. The van der Waals surface area contributed by atoms with Gasteiger partial charge in [-0.25, -0.2) is 4.98 Å². The number of carbonyl (C=O) groups is 1. The third kappa shape index (κ3) is 2.45. The van der Waals surface area contributed by atoms with Crippen LogP contribution in [0.3, 0.4) is 0 Å². The zero-order chi connectivity index (χ0) is 13.9. The third-order valence-electron chi connectivity index (χ3n) is 3.09. The van der Waals surface area contributed by atoms with Crippen molar-refractivity contribution in [2.24, 2.45) is 0 Å². The first-order valence-corrected chi connectivity index (χ1v) is 6.42. The fourth-order valence-electron chi connectivity index (χ4n) is 2.04. The minimum atomic E-state index is -0.651. The van der Waals surface area contributed by atoms with E-state index in [-0.39, 0.29) is 18.6 Å². The molecular weight excluding hydrogens is 258 g/mol. The molecule has 2 atom stereocenters. The molecule has 2 N–H and O–H groups in total. The second-order valence-electron chi connectivity index (χ2n) is 4.57. The Hall–Kier alpha value is -2.50. The Balaban J connectivity index is 1.64. The van der Waals surface area contributed by atoms with E-state index in [1.165, 1.54) is 0 Å². The average molecular weight is 273 g/mol. The monoisotopic (exact) mass is 273 g/mol. The molecule has 6 heteroatoms. The summed E-state index contributed by atoms with van der Waals surface area (Å²) in [5.74, 6) is 1.74. The van der Waals surface area contributed by atoms with Crippen molar-refractivity contribution in [2.45, 2.75) is 19.1 Å². The molecule has 0 radical (unpaired) electrons. The molecule has 1 aliphatic rings. The summed E-state index contributed by atoms with van der Waals surface area (Å²) in [6.07, 6.45) is 2.71. The van der Waals surface area contributed by atoms with Crippen molar-refractivity contribution >= 4 is 5.91 Å². The first-order chi connectivity index (χ1) is 9.74. The van der Waals surface area contributed by atoms with Gasteiger partial charge in [-0.1, -0.05) is 12.1 Å². The number of rotatable bonds is 3. The molecule has 20 heavy (non-hydrogen) atoms. The Morgan fingerprint density at radius 3 is 3.00 bits per heavy atom. The Morgan fingerprint density at radius 1 is 1.45 bits per heavy atom. The van der Waals surface area contributed by atoms with Gasteiger partial charge in [0.15, 0.2) is 11.5 Å². The zero-order valence-electron chi connectivity index (χ0n) is 11.0. The third-order valence-corrected chi connectivity index (χ3v) is 3.09. The molecule has 1 aromatic heterocycles. The molecular formula is C14H15N3O3. The van der Waals surface area contributed by atoms with Crippen LogP contribution in [0.4, 0.5) is 0 Å². The van der Waals surface area contributed by atoms with Crippen molar-refractivity contribution in [3.8, 4) is 11.5 Å². The van der Waals surface area contributed by atoms with Gasteiger partial charge in [-0.2, -0.15) is 0 Å². The topological polar surface area (TPSA) is 76.2 Å². The van der Waals surface area contributed by atoms with E-state index in [4.69, 9.17) is 9.47 Å². The quantitative estimate of drug-likeness (QED) is 0.887. The first kappa shape index (κ1) is 12.5. The number of hydrogen-bond donors (Lipinski definition) is 2. The molecule has 3 rings (SSSR count). The summed E-state index contributed by atoms with van der Waals surface area (Å²) in [5, 5.41) is 2.85. The summed E-state index contributed by atoms with van der Waals surface area (Å²) in [7, 11) is 0. The Labute approximate surface area is 116 Å². The fourth-order valence-corrected chi connectivity index (χ4v) is 2.04. The summed E-state index contributed by atoms with van der Waals surface area (Å²) in [5.41, 5.74) is 0. The molecule has 0 aliphatic carbocycles. The van der Waals surface area contributed by atoms with Gasteiger partial charge in [0.25, 0.3) is 5.91 Å². The number of benzene rings is 1. The van der Waals surface area contributed by atoms with Crippen molar-refractivity contribution in [3.63, 3.8) is 0 Å². The van der Waals surface area contributed by atoms with E-state index < -0.39 is 6.10 Å². The van der Waals surface area contributed by atoms with E-state index in [0.717, 1.165) is 0 Å². The standard InChI is InChI=1S/C14H15N3O3/c1-9(13-15-6-7-16-13)17-14(18)12-8-19-10-4-2-3-5-11(10)20-12/h2-7,9,12H,8H2,1H3,(H,15,16)(H,17,18). The van der Waals surface area contributed by atoms with E-state index in [9.17, 15) is 4.79 Å². The molecule has 0 saturated carbocycles. The lowest BCUT2D eigenvalue weighted by atomic mass is 10.2. The molecule has 1 aromatic carbocycles. The van der Waals surface area contributed by atoms with Crippen molar-refractivity contribution in [1.82, 2.24) is 15.3 Å². The number of amides is 1. The Morgan fingerprint density at radius 2 is 2.25 bits per heavy atom. The molecule has 2 unspecified atom stereocenters. The highest BCUT2D eigenvalue weighted by atomic mass is 16.6. The Bertz CT molecular complexity index is 597. The van der Waals surface area contributed by atoms with Crippen LogP contribution in [0.2, 0.25) is 0 Å². The van der Waals surface area contributed by atoms with Crippen LogP contribution in [0.15, 0.2) is 36.7 Å². The van der Waals surface area contributed by atoms with Crippen molar-refractivity contribution in [2.75, 3.05) is 6.61 Å². The number of H-pyrrole nitrogens is 1. The molecule has 104 valence electrons. The van der Waals surface area contributed by atoms with Crippen molar-refractivity contribution in [3.05, 3.63) is 42.5 Å². The second-order valence-corrected chi connectivity index (χ2v) is 4.57. The van der Waals surface area contributed by atoms with Crippen LogP contribution in [0.25, 0.3) is 0 Å². The van der Waals surface area contributed by atoms with E-state index >= 15 is 0 Å². The van der Waals surface area contributed by atoms with Gasteiger partial charge < -0.3 is 19.8 Å². The average Bonchev–Trinajstić information content (AvgIpc) is 3.01. The lowest BCUT2D eigenvalue weighted by Crippen LogP contribution is -2.44. The number of nitrogens with zero attached hydrogens (tertiary/aromatic N) is 1. The zero-order valence-corrected chi connectivity index (χ0v) is 11.0. The highest BCUT2D eigenvalue weighted by molar-refractivity contribution is 5.82. The Kier molecular flexibility index (Phi) is 3.28. The molecule has 2 aromatic rings. The number of para-hydroxylation sites is 2. The van der Waals surface area contributed by atoms with E-state index in [0.29, 0.717) is 17.3 Å². The van der Waals surface area contributed by atoms with Gasteiger partial charge in [-0.3, -0.25) is 4.79 Å². The number of nitrogens with one attached hydrogen (secondary N) is 2. The molecule has 6 nitrogen and oxygen atoms in total. The highest BCUT2D eigenvalue weighted by Gasteiger charge is 2.28. The summed E-state index contributed by atoms with van der Waals surface area (Å²) in [6, 6.07) is 7.09. The second kappa shape index (κ2) is 5.24. The summed E-state index contributed by atoms with van der Waals surface area (Å²) in [6.45, 7) is 2.06. The fraction of sp³-hybridized carbons (Fsp3) is 0.286. The predicted molar refractivity (Wildman–Crippen MR) is 71.5 cm³/mol. The molecule has 0 saturated heterocycles. The van der Waals surface area contributed by atoms with Crippen LogP contribution >= 0.6 is 0 Å². The van der Waals surface area contributed by atoms with Crippen LogP contribution in [0.1, 0.15) is 18.8 Å². The highest BCUT2D eigenvalue weighted by Crippen LogP contribution is 2.30. The number of aromatic amines is 1.